The van der Waals surface area contributed by atoms with Gasteiger partial charge in [-0.2, -0.15) is 0 Å². The molecule has 0 aromatic heterocycles. The first kappa shape index (κ1) is 67.4. The van der Waals surface area contributed by atoms with Crippen LogP contribution in [0.15, 0.2) is 0 Å². The third-order valence-electron chi connectivity index (χ3n) is 15.4. The fourth-order valence-electron chi connectivity index (χ4n) is 10.3. The molecule has 37 atom stereocenters. The Morgan fingerprint density at radius 1 is 0.265 bits per heavy atom. The summed E-state index contributed by atoms with van der Waals surface area (Å²) in [6.45, 7) is -5.87. The number of hydrogen-bond acceptors (Lipinski definition) is 38. The molecule has 38 nitrogen and oxygen atoms in total. The maximum Gasteiger partial charge on any atom is 0.187 e. The summed E-state index contributed by atoms with van der Waals surface area (Å²) < 4.78 is 83.0. The molecule has 83 heavy (non-hydrogen) atoms. The van der Waals surface area contributed by atoms with Crippen molar-refractivity contribution < 1.29 is 189 Å². The molecule has 0 aromatic carbocycles. The molecule has 8 rings (SSSR count). The summed E-state index contributed by atoms with van der Waals surface area (Å²) in [4.78, 5) is 0. The third-order valence-corrected chi connectivity index (χ3v) is 15.4. The second-order valence-corrected chi connectivity index (χ2v) is 21.1. The Hall–Kier alpha value is -1.52. The van der Waals surface area contributed by atoms with Crippen molar-refractivity contribution in [2.75, 3.05) is 52.9 Å². The normalized spacial score (nSPS) is 53.9. The van der Waals surface area contributed by atoms with Gasteiger partial charge in [-0.3, -0.25) is 0 Å². The van der Waals surface area contributed by atoms with Crippen LogP contribution in [0.5, 0.6) is 0 Å². The van der Waals surface area contributed by atoms with Gasteiger partial charge in [-0.05, 0) is 0 Å². The Kier molecular flexibility index (Phi) is 23.5. The largest absolute Gasteiger partial charge is 0.394 e. The summed E-state index contributed by atoms with van der Waals surface area (Å²) >= 11 is 0. The van der Waals surface area contributed by atoms with E-state index in [4.69, 9.17) is 71.1 Å². The summed E-state index contributed by atoms with van der Waals surface area (Å²) in [5.41, 5.74) is 0. The number of ether oxygens (including phenoxy) is 15. The van der Waals surface area contributed by atoms with Crippen molar-refractivity contribution in [1.82, 2.24) is 0 Å². The van der Waals surface area contributed by atoms with Gasteiger partial charge in [0.25, 0.3) is 0 Å². The summed E-state index contributed by atoms with van der Waals surface area (Å²) in [5.74, 6) is 0. The number of hydrogen-bond donors (Lipinski definition) is 23. The Bertz CT molecular complexity index is 1970. The monoisotopic (exact) mass is 1220 g/mol. The van der Waals surface area contributed by atoms with Crippen LogP contribution in [0.25, 0.3) is 0 Å². The van der Waals surface area contributed by atoms with E-state index in [1.807, 2.05) is 0 Å². The molecule has 0 amide bonds. The van der Waals surface area contributed by atoms with Gasteiger partial charge < -0.3 is 189 Å². The molecule has 484 valence electrons. The highest BCUT2D eigenvalue weighted by atomic mass is 16.8. The lowest BCUT2D eigenvalue weighted by Crippen LogP contribution is -2.66. The fraction of sp³-hybridized carbons (Fsp3) is 1.00. The first-order valence-electron chi connectivity index (χ1n) is 26.4. The van der Waals surface area contributed by atoms with Gasteiger partial charge in [0.15, 0.2) is 50.3 Å². The van der Waals surface area contributed by atoms with Crippen molar-refractivity contribution in [2.45, 2.75) is 227 Å². The lowest BCUT2D eigenvalue weighted by atomic mass is 9.96. The number of rotatable bonds is 19. The smallest absolute Gasteiger partial charge is 0.187 e. The summed E-state index contributed by atoms with van der Waals surface area (Å²) in [7, 11) is 0. The molecule has 0 bridgehead atoms. The average Bonchev–Trinajstić information content (AvgIpc) is 3.67. The van der Waals surface area contributed by atoms with Crippen molar-refractivity contribution in [3.05, 3.63) is 0 Å². The molecular weight excluding hydrogens is 1150 g/mol. The second-order valence-electron chi connectivity index (χ2n) is 21.1. The van der Waals surface area contributed by atoms with Crippen LogP contribution in [-0.2, 0) is 71.1 Å². The van der Waals surface area contributed by atoms with Crippen LogP contribution in [0.1, 0.15) is 0 Å². The van der Waals surface area contributed by atoms with Crippen molar-refractivity contribution in [1.29, 1.82) is 0 Å². The van der Waals surface area contributed by atoms with Crippen LogP contribution < -0.4 is 0 Å². The minimum atomic E-state index is -2.18. The lowest BCUT2D eigenvalue weighted by molar-refractivity contribution is -0.384. The van der Waals surface area contributed by atoms with Crippen LogP contribution in [-0.4, -0.2) is 398 Å². The fourth-order valence-corrected chi connectivity index (χ4v) is 10.3. The van der Waals surface area contributed by atoms with E-state index in [1.54, 1.807) is 0 Å². The molecule has 38 heteroatoms. The van der Waals surface area contributed by atoms with Gasteiger partial charge in [0.2, 0.25) is 0 Å². The van der Waals surface area contributed by atoms with Gasteiger partial charge >= 0.3 is 0 Å². The molecular formula is C45H76O38. The quantitative estimate of drug-likeness (QED) is 0.0571. The van der Waals surface area contributed by atoms with Crippen LogP contribution in [0.4, 0.5) is 0 Å². The van der Waals surface area contributed by atoms with Crippen LogP contribution in [0.3, 0.4) is 0 Å². The topological polar surface area (TPSA) is 604 Å². The zero-order valence-electron chi connectivity index (χ0n) is 43.4. The van der Waals surface area contributed by atoms with Crippen molar-refractivity contribution >= 4 is 0 Å². The second kappa shape index (κ2) is 29.0. The van der Waals surface area contributed by atoms with E-state index in [-0.39, 0.29) is 0 Å². The Balaban J connectivity index is 0.837. The van der Waals surface area contributed by atoms with E-state index in [0.29, 0.717) is 0 Å². The summed E-state index contributed by atoms with van der Waals surface area (Å²) in [6, 6.07) is 0. The Labute approximate surface area is 468 Å². The highest BCUT2D eigenvalue weighted by Gasteiger charge is 2.56. The Morgan fingerprint density at radius 2 is 0.602 bits per heavy atom. The van der Waals surface area contributed by atoms with Gasteiger partial charge in [-0.15, -0.1) is 0 Å². The molecule has 8 fully saturated rings. The minimum Gasteiger partial charge on any atom is -0.394 e. The highest BCUT2D eigenvalue weighted by molar-refractivity contribution is 4.98. The molecule has 0 aliphatic carbocycles. The van der Waals surface area contributed by atoms with E-state index < -0.39 is 280 Å². The molecule has 8 heterocycles. The first-order chi connectivity index (χ1) is 39.3. The predicted octanol–water partition coefficient (Wildman–Crippen LogP) is -16.5. The van der Waals surface area contributed by atoms with Crippen molar-refractivity contribution in [3.8, 4) is 0 Å². The molecule has 0 aromatic rings. The van der Waals surface area contributed by atoms with Crippen LogP contribution >= 0.6 is 0 Å². The molecule has 8 saturated heterocycles. The van der Waals surface area contributed by atoms with Gasteiger partial charge in [0, 0.05) is 0 Å². The molecule has 8 aliphatic rings. The van der Waals surface area contributed by atoms with Crippen LogP contribution in [0.2, 0.25) is 0 Å². The van der Waals surface area contributed by atoms with Crippen molar-refractivity contribution in [2.24, 2.45) is 0 Å². The van der Waals surface area contributed by atoms with E-state index in [0.717, 1.165) is 0 Å². The molecule has 23 N–H and O–H groups in total. The molecule has 0 radical (unpaired) electrons. The summed E-state index contributed by atoms with van der Waals surface area (Å²) in [6.07, 6.45) is -68.3. The van der Waals surface area contributed by atoms with Gasteiger partial charge in [-0.1, -0.05) is 0 Å². The molecule has 0 spiro atoms. The predicted molar refractivity (Wildman–Crippen MR) is 246 cm³/mol. The SMILES string of the molecule is OC[C@H]1O[C@@H](O[C@H]2[C@@H](OC[C@H]3O[C@@H](O[C@@H]4CO[C@H](OC[C@H]5O[C@@H](O[C@H]6[C@H](O)[C@@H](O)[C@@H](O)O[C@@H]6CO)[C@H](O)[C@@H](O)[C@@H]5O)[C@H](O)[C@H]4O)[C@H](O)[C@@H](O)[C@@H]3O)OC[C@@H](O)[C@@H]2O)[C@H](O)[C@@H](O)[C@H]1O[C@@H]1O[C@H](CO[C@H]2OC[C@@H](O)[C@H](O)[C@H]2O)[C@@H](O)[C@H](O)[C@H]1O. The maximum atomic E-state index is 11.3. The van der Waals surface area contributed by atoms with Crippen LogP contribution in [0, 0.1) is 0 Å². The van der Waals surface area contributed by atoms with E-state index >= 15 is 0 Å². The number of aliphatic hydroxyl groups is 23. The average molecular weight is 1230 g/mol. The molecule has 0 unspecified atom stereocenters. The highest BCUT2D eigenvalue weighted by Crippen LogP contribution is 2.35. The standard InChI is InChI=1S/C45H76O38/c46-1-11-35(26(59)28(61)38(68)75-11)81-42-32(65)24(57)20(53)14(79-42)6-72-40-30(63)22(55)16(7-73-40)78-41-31(64)23(56)21(54)15(77-41)8-74-45-37(18(51)10(49)4-70-45)83-44-34(67)27(60)36(12(2-47)76-44)82-43-33(66)25(58)19(52)13(80-43)5-71-39-29(62)17(50)9(48)3-69-39/h9-68H,1-8H2/t9-,10-,11-,12-,13-,14-,15-,16-,17+,18+,19-,20-,21-,22+,23+,24+,25+,26-,27-,28-,29-,30-,31-,32-,33-,34-,35-,36+,37-,38+,39-,40+,41+,42+,43+,44+,45-/m1/s1. The molecule has 8 aliphatic heterocycles. The van der Waals surface area contributed by atoms with E-state index in [1.165, 1.54) is 0 Å². The number of aliphatic hydroxyl groups excluding tert-OH is 23. The van der Waals surface area contributed by atoms with E-state index in [2.05, 4.69) is 0 Å². The van der Waals surface area contributed by atoms with Crippen molar-refractivity contribution in [3.63, 3.8) is 0 Å². The first-order valence-corrected chi connectivity index (χ1v) is 26.4. The maximum absolute atomic E-state index is 11.3. The van der Waals surface area contributed by atoms with Gasteiger partial charge in [0.05, 0.1) is 52.9 Å². The lowest BCUT2D eigenvalue weighted by Gasteiger charge is -2.47. The summed E-state index contributed by atoms with van der Waals surface area (Å²) in [5, 5.41) is 243. The zero-order chi connectivity index (χ0) is 60.6. The zero-order valence-corrected chi connectivity index (χ0v) is 43.4. The minimum absolute atomic E-state index is 0.446. The van der Waals surface area contributed by atoms with Gasteiger partial charge in [0.1, 0.15) is 177 Å². The van der Waals surface area contributed by atoms with E-state index in [9.17, 15) is 117 Å². The van der Waals surface area contributed by atoms with Gasteiger partial charge in [-0.25, -0.2) is 0 Å². The Morgan fingerprint density at radius 3 is 1.07 bits per heavy atom. The third kappa shape index (κ3) is 14.6. The molecule has 0 saturated carbocycles.